The highest BCUT2D eigenvalue weighted by Crippen LogP contribution is 2.13. The number of amides is 1. The van der Waals surface area contributed by atoms with Crippen molar-refractivity contribution in [1.29, 1.82) is 0 Å². The zero-order chi connectivity index (χ0) is 13.2. The summed E-state index contributed by atoms with van der Waals surface area (Å²) in [5, 5.41) is 7.07. The summed E-state index contributed by atoms with van der Waals surface area (Å²) in [6.45, 7) is 0. The van der Waals surface area contributed by atoms with Crippen molar-refractivity contribution in [3.8, 4) is 0 Å². The lowest BCUT2D eigenvalue weighted by Crippen LogP contribution is -2.15. The summed E-state index contributed by atoms with van der Waals surface area (Å²) in [7, 11) is 0. The molecule has 0 bridgehead atoms. The van der Waals surface area contributed by atoms with Crippen molar-refractivity contribution in [1.82, 2.24) is 5.16 Å². The number of carbonyl (C=O) groups is 1. The molecule has 2 aromatic heterocycles. The maximum Gasteiger partial charge on any atom is 0.344 e. The Morgan fingerprint density at radius 1 is 1.21 bits per heavy atom. The first-order chi connectivity index (χ1) is 9.24. The van der Waals surface area contributed by atoms with Gasteiger partial charge in [-0.05, 0) is 17.5 Å². The Balaban J connectivity index is 2.01. The quantitative estimate of drug-likeness (QED) is 0.758. The van der Waals surface area contributed by atoms with Crippen LogP contribution in [0.25, 0.3) is 10.8 Å². The van der Waals surface area contributed by atoms with Gasteiger partial charge in [-0.15, -0.1) is 0 Å². The zero-order valence-corrected chi connectivity index (χ0v) is 9.62. The van der Waals surface area contributed by atoms with Gasteiger partial charge in [-0.3, -0.25) is 4.79 Å². The number of aromatic nitrogens is 1. The second-order valence-corrected chi connectivity index (χ2v) is 3.82. The summed E-state index contributed by atoms with van der Waals surface area (Å²) in [5.74, 6) is -0.385. The molecule has 0 saturated heterocycles. The summed E-state index contributed by atoms with van der Waals surface area (Å²) >= 11 is 0. The molecule has 2 heterocycles. The number of benzene rings is 1. The van der Waals surface area contributed by atoms with Gasteiger partial charge in [0.15, 0.2) is 11.6 Å². The van der Waals surface area contributed by atoms with Crippen molar-refractivity contribution in [3.63, 3.8) is 0 Å². The fraction of sp³-hybridized carbons (Fsp3) is 0. The van der Waals surface area contributed by atoms with Crippen LogP contribution in [0.5, 0.6) is 0 Å². The number of hydrogen-bond acceptors (Lipinski definition) is 5. The third kappa shape index (κ3) is 2.11. The zero-order valence-electron chi connectivity index (χ0n) is 9.62. The summed E-state index contributed by atoms with van der Waals surface area (Å²) in [5.41, 5.74) is -0.552. The van der Waals surface area contributed by atoms with Crippen LogP contribution >= 0.6 is 0 Å². The molecule has 6 heteroatoms. The predicted octanol–water partition coefficient (Wildman–Crippen LogP) is 2.03. The largest absolute Gasteiger partial charge is 0.417 e. The van der Waals surface area contributed by atoms with Crippen LogP contribution in [0.1, 0.15) is 10.6 Å². The number of fused-ring (bicyclic) bond motifs is 1. The van der Waals surface area contributed by atoms with Gasteiger partial charge < -0.3 is 14.3 Å². The number of rotatable bonds is 2. The molecule has 3 aromatic rings. The van der Waals surface area contributed by atoms with E-state index in [0.29, 0.717) is 10.8 Å². The number of nitrogens with one attached hydrogen (secondary N) is 1. The van der Waals surface area contributed by atoms with Crippen molar-refractivity contribution in [3.05, 3.63) is 58.8 Å². The maximum atomic E-state index is 11.9. The minimum absolute atomic E-state index is 0.0771. The molecule has 0 fully saturated rings. The predicted molar refractivity (Wildman–Crippen MR) is 66.9 cm³/mol. The molecule has 0 spiro atoms. The molecule has 0 radical (unpaired) electrons. The van der Waals surface area contributed by atoms with Crippen LogP contribution in [0.4, 0.5) is 5.82 Å². The van der Waals surface area contributed by atoms with E-state index in [4.69, 9.17) is 4.42 Å². The molecule has 0 aliphatic heterocycles. The fourth-order valence-corrected chi connectivity index (χ4v) is 1.70. The van der Waals surface area contributed by atoms with Crippen LogP contribution < -0.4 is 10.9 Å². The molecule has 3 rings (SSSR count). The van der Waals surface area contributed by atoms with Crippen LogP contribution in [0.2, 0.25) is 0 Å². The third-order valence-corrected chi connectivity index (χ3v) is 2.57. The van der Waals surface area contributed by atoms with Gasteiger partial charge in [0.1, 0.15) is 6.26 Å². The van der Waals surface area contributed by atoms with Crippen molar-refractivity contribution in [2.75, 3.05) is 5.32 Å². The van der Waals surface area contributed by atoms with Gasteiger partial charge in [0, 0.05) is 6.07 Å². The Bertz CT molecular complexity index is 790. The van der Waals surface area contributed by atoms with Gasteiger partial charge in [-0.2, -0.15) is 0 Å². The lowest BCUT2D eigenvalue weighted by Gasteiger charge is -2.01. The highest BCUT2D eigenvalue weighted by Gasteiger charge is 2.13. The summed E-state index contributed by atoms with van der Waals surface area (Å²) in [6.07, 6.45) is 1.33. The van der Waals surface area contributed by atoms with Crippen LogP contribution in [0.3, 0.4) is 0 Å². The number of hydrogen-bond donors (Lipinski definition) is 1. The van der Waals surface area contributed by atoms with Gasteiger partial charge in [0.2, 0.25) is 0 Å². The molecule has 0 saturated carbocycles. The van der Waals surface area contributed by atoms with Crippen molar-refractivity contribution in [2.24, 2.45) is 0 Å². The average Bonchev–Trinajstić information content (AvgIpc) is 2.91. The molecule has 94 valence electrons. The first-order valence-electron chi connectivity index (χ1n) is 5.49. The lowest BCUT2D eigenvalue weighted by atomic mass is 10.1. The molecule has 1 amide bonds. The van der Waals surface area contributed by atoms with E-state index >= 15 is 0 Å². The lowest BCUT2D eigenvalue weighted by molar-refractivity contribution is 0.0992. The number of carbonyl (C=O) groups excluding carboxylic acids is 1. The van der Waals surface area contributed by atoms with Gasteiger partial charge in [-0.1, -0.05) is 23.4 Å². The van der Waals surface area contributed by atoms with Crippen LogP contribution in [-0.2, 0) is 0 Å². The Hall–Kier alpha value is -2.89. The van der Waals surface area contributed by atoms with Crippen LogP contribution in [-0.4, -0.2) is 11.1 Å². The standard InChI is InChI=1S/C13H8N2O4/c16-12(14-11-5-6-18-15-11)10-7-8-3-1-2-4-9(8)13(17)19-10/h1-7H,(H,14,15,16). The molecule has 1 N–H and O–H groups in total. The summed E-state index contributed by atoms with van der Waals surface area (Å²) in [4.78, 5) is 23.6. The van der Waals surface area contributed by atoms with E-state index in [2.05, 4.69) is 15.0 Å². The monoisotopic (exact) mass is 256 g/mol. The molecule has 19 heavy (non-hydrogen) atoms. The van der Waals surface area contributed by atoms with E-state index in [0.717, 1.165) is 0 Å². The normalized spacial score (nSPS) is 10.5. The second kappa shape index (κ2) is 4.41. The Morgan fingerprint density at radius 2 is 2.05 bits per heavy atom. The van der Waals surface area contributed by atoms with Gasteiger partial charge in [-0.25, -0.2) is 4.79 Å². The smallest absolute Gasteiger partial charge is 0.344 e. The second-order valence-electron chi connectivity index (χ2n) is 3.82. The van der Waals surface area contributed by atoms with E-state index < -0.39 is 11.5 Å². The molecule has 0 unspecified atom stereocenters. The molecule has 1 aromatic carbocycles. The first kappa shape index (κ1) is 11.2. The topological polar surface area (TPSA) is 85.3 Å². The number of anilines is 1. The van der Waals surface area contributed by atoms with Crippen LogP contribution in [0, 0.1) is 0 Å². The molecule has 0 aliphatic rings. The van der Waals surface area contributed by atoms with Crippen LogP contribution in [0.15, 0.2) is 56.4 Å². The summed E-state index contributed by atoms with van der Waals surface area (Å²) < 4.78 is 9.56. The first-order valence-corrected chi connectivity index (χ1v) is 5.49. The van der Waals surface area contributed by atoms with Gasteiger partial charge >= 0.3 is 5.63 Å². The molecule has 6 nitrogen and oxygen atoms in total. The van der Waals surface area contributed by atoms with Gasteiger partial charge in [0.25, 0.3) is 5.91 Å². The SMILES string of the molecule is O=C(Nc1ccon1)c1cc2ccccc2c(=O)o1. The minimum Gasteiger partial charge on any atom is -0.417 e. The van der Waals surface area contributed by atoms with Crippen molar-refractivity contribution >= 4 is 22.5 Å². The van der Waals surface area contributed by atoms with E-state index in [1.807, 2.05) is 0 Å². The molecule has 0 aliphatic carbocycles. The Morgan fingerprint density at radius 3 is 2.84 bits per heavy atom. The van der Waals surface area contributed by atoms with E-state index in [1.54, 1.807) is 24.3 Å². The fourth-order valence-electron chi connectivity index (χ4n) is 1.70. The Kier molecular flexibility index (Phi) is 2.60. The average molecular weight is 256 g/mol. The number of nitrogens with zero attached hydrogens (tertiary/aromatic N) is 1. The van der Waals surface area contributed by atoms with E-state index in [-0.39, 0.29) is 11.6 Å². The molecule has 0 atom stereocenters. The van der Waals surface area contributed by atoms with Crippen molar-refractivity contribution in [2.45, 2.75) is 0 Å². The van der Waals surface area contributed by atoms with E-state index in [9.17, 15) is 9.59 Å². The minimum atomic E-state index is -0.559. The van der Waals surface area contributed by atoms with E-state index in [1.165, 1.54) is 18.4 Å². The summed E-state index contributed by atoms with van der Waals surface area (Å²) in [6, 6.07) is 9.87. The van der Waals surface area contributed by atoms with Gasteiger partial charge in [0.05, 0.1) is 5.39 Å². The highest BCUT2D eigenvalue weighted by atomic mass is 16.5. The molecular weight excluding hydrogens is 248 g/mol. The van der Waals surface area contributed by atoms with Crippen molar-refractivity contribution < 1.29 is 13.7 Å². The Labute approximate surface area is 106 Å². The maximum absolute atomic E-state index is 11.9. The third-order valence-electron chi connectivity index (χ3n) is 2.57. The molecular formula is C13H8N2O4. The highest BCUT2D eigenvalue weighted by molar-refractivity contribution is 6.03.